The van der Waals surface area contributed by atoms with Gasteiger partial charge in [-0.2, -0.15) is 15.0 Å². The van der Waals surface area contributed by atoms with E-state index in [2.05, 4.69) is 10.2 Å². The summed E-state index contributed by atoms with van der Waals surface area (Å²) in [5.74, 6) is 0.213. The highest BCUT2D eigenvalue weighted by molar-refractivity contribution is 6.01. The molecule has 0 aromatic carbocycles. The first kappa shape index (κ1) is 9.33. The lowest BCUT2D eigenvalue weighted by molar-refractivity contribution is 0.0877. The van der Waals surface area contributed by atoms with Crippen molar-refractivity contribution in [2.75, 3.05) is 0 Å². The van der Waals surface area contributed by atoms with E-state index >= 15 is 0 Å². The Hall–Kier alpha value is -1.23. The number of ketones is 1. The molecule has 76 valence electrons. The van der Waals surface area contributed by atoms with Crippen molar-refractivity contribution in [3.63, 3.8) is 0 Å². The van der Waals surface area contributed by atoms with E-state index in [1.54, 1.807) is 14.0 Å². The fourth-order valence-corrected chi connectivity index (χ4v) is 1.59. The molecule has 1 aromatic rings. The van der Waals surface area contributed by atoms with Gasteiger partial charge in [0.05, 0.1) is 11.7 Å². The number of hydrogen-bond acceptors (Lipinski definition) is 4. The van der Waals surface area contributed by atoms with Crippen molar-refractivity contribution in [2.45, 2.75) is 25.3 Å². The Labute approximate surface area is 82.3 Å². The predicted octanol–water partition coefficient (Wildman–Crippen LogP) is 0.125. The molecule has 0 amide bonds. The molecular weight excluding hydrogens is 180 g/mol. The van der Waals surface area contributed by atoms with Crippen molar-refractivity contribution in [1.82, 2.24) is 15.0 Å². The Kier molecular flexibility index (Phi) is 1.92. The van der Waals surface area contributed by atoms with Crippen LogP contribution in [0.4, 0.5) is 0 Å². The van der Waals surface area contributed by atoms with Gasteiger partial charge in [-0.1, -0.05) is 0 Å². The molecule has 1 saturated carbocycles. The lowest BCUT2D eigenvalue weighted by atomic mass is 9.90. The third-order valence-corrected chi connectivity index (χ3v) is 2.75. The molecule has 0 spiro atoms. The number of aromatic nitrogens is 3. The van der Waals surface area contributed by atoms with Gasteiger partial charge in [0.2, 0.25) is 5.78 Å². The smallest absolute Gasteiger partial charge is 0.204 e. The molecule has 2 N–H and O–H groups in total. The minimum absolute atomic E-state index is 0.104. The molecule has 2 rings (SSSR count). The Morgan fingerprint density at radius 1 is 1.71 bits per heavy atom. The summed E-state index contributed by atoms with van der Waals surface area (Å²) in [5.41, 5.74) is 5.58. The second-order valence-corrected chi connectivity index (χ2v) is 4.11. The van der Waals surface area contributed by atoms with Crippen LogP contribution in [-0.4, -0.2) is 26.3 Å². The SMILES string of the molecule is Cn1ncc(C(=O)C(C)(N)C2CC2)n1. The standard InChI is InChI=1S/C9H14N4O/c1-9(10,6-3-4-6)8(14)7-5-11-13(2)12-7/h5-6H,3-4,10H2,1-2H3. The van der Waals surface area contributed by atoms with Gasteiger partial charge in [-0.3, -0.25) is 4.79 Å². The fourth-order valence-electron chi connectivity index (χ4n) is 1.59. The number of carbonyl (C=O) groups is 1. The van der Waals surface area contributed by atoms with E-state index in [0.29, 0.717) is 11.6 Å². The van der Waals surface area contributed by atoms with Crippen LogP contribution in [0.15, 0.2) is 6.20 Å². The number of carbonyl (C=O) groups excluding carboxylic acids is 1. The number of rotatable bonds is 3. The number of Topliss-reactive ketones (excluding diaryl/α,β-unsaturated/α-hetero) is 1. The molecule has 14 heavy (non-hydrogen) atoms. The van der Waals surface area contributed by atoms with Gasteiger partial charge in [-0.05, 0) is 25.7 Å². The second kappa shape index (κ2) is 2.88. The molecule has 0 radical (unpaired) electrons. The monoisotopic (exact) mass is 194 g/mol. The van der Waals surface area contributed by atoms with Gasteiger partial charge in [0.15, 0.2) is 5.69 Å². The van der Waals surface area contributed by atoms with Crippen molar-refractivity contribution >= 4 is 5.78 Å². The lowest BCUT2D eigenvalue weighted by Crippen LogP contribution is -2.47. The fraction of sp³-hybridized carbons (Fsp3) is 0.667. The van der Waals surface area contributed by atoms with E-state index in [1.165, 1.54) is 11.0 Å². The summed E-state index contributed by atoms with van der Waals surface area (Å²) in [6.07, 6.45) is 3.55. The summed E-state index contributed by atoms with van der Waals surface area (Å²) in [6, 6.07) is 0. The van der Waals surface area contributed by atoms with Crippen LogP contribution in [0.5, 0.6) is 0 Å². The molecule has 1 atom stereocenters. The van der Waals surface area contributed by atoms with Crippen molar-refractivity contribution in [2.24, 2.45) is 18.7 Å². The zero-order valence-electron chi connectivity index (χ0n) is 8.40. The quantitative estimate of drug-likeness (QED) is 0.694. The van der Waals surface area contributed by atoms with E-state index in [1.807, 2.05) is 0 Å². The molecule has 1 fully saturated rings. The van der Waals surface area contributed by atoms with Gasteiger partial charge in [-0.25, -0.2) is 0 Å². The largest absolute Gasteiger partial charge is 0.319 e. The highest BCUT2D eigenvalue weighted by Crippen LogP contribution is 2.39. The Morgan fingerprint density at radius 3 is 2.79 bits per heavy atom. The first-order chi connectivity index (χ1) is 6.51. The van der Waals surface area contributed by atoms with Crippen LogP contribution < -0.4 is 5.73 Å². The van der Waals surface area contributed by atoms with E-state index in [9.17, 15) is 4.79 Å². The Bertz CT molecular complexity index is 365. The molecule has 1 aliphatic rings. The van der Waals surface area contributed by atoms with E-state index in [-0.39, 0.29) is 5.78 Å². The zero-order chi connectivity index (χ0) is 10.3. The average Bonchev–Trinajstić information content (AvgIpc) is 2.89. The van der Waals surface area contributed by atoms with Crippen molar-refractivity contribution < 1.29 is 4.79 Å². The normalized spacial score (nSPS) is 20.5. The molecule has 1 unspecified atom stereocenters. The van der Waals surface area contributed by atoms with Crippen LogP contribution in [-0.2, 0) is 7.05 Å². The summed E-state index contributed by atoms with van der Waals surface area (Å²) >= 11 is 0. The van der Waals surface area contributed by atoms with Crippen LogP contribution >= 0.6 is 0 Å². The van der Waals surface area contributed by atoms with Gasteiger partial charge in [0, 0.05) is 7.05 Å². The van der Waals surface area contributed by atoms with Crippen LogP contribution in [0, 0.1) is 5.92 Å². The molecule has 0 aliphatic heterocycles. The number of aryl methyl sites for hydroxylation is 1. The van der Waals surface area contributed by atoms with Crippen molar-refractivity contribution in [1.29, 1.82) is 0 Å². The molecule has 1 heterocycles. The Morgan fingerprint density at radius 2 is 2.36 bits per heavy atom. The topological polar surface area (TPSA) is 73.8 Å². The highest BCUT2D eigenvalue weighted by atomic mass is 16.1. The molecule has 5 nitrogen and oxygen atoms in total. The molecule has 5 heteroatoms. The first-order valence-corrected chi connectivity index (χ1v) is 4.72. The number of nitrogens with two attached hydrogens (primary N) is 1. The number of hydrogen-bond donors (Lipinski definition) is 1. The third-order valence-electron chi connectivity index (χ3n) is 2.75. The van der Waals surface area contributed by atoms with Crippen molar-refractivity contribution in [3.05, 3.63) is 11.9 Å². The van der Waals surface area contributed by atoms with Crippen LogP contribution in [0.3, 0.4) is 0 Å². The summed E-state index contributed by atoms with van der Waals surface area (Å²) < 4.78 is 0. The van der Waals surface area contributed by atoms with Crippen molar-refractivity contribution in [3.8, 4) is 0 Å². The maximum absolute atomic E-state index is 11.9. The maximum atomic E-state index is 11.9. The second-order valence-electron chi connectivity index (χ2n) is 4.11. The van der Waals surface area contributed by atoms with Gasteiger partial charge in [0.25, 0.3) is 0 Å². The zero-order valence-corrected chi connectivity index (χ0v) is 8.40. The minimum atomic E-state index is -0.768. The summed E-state index contributed by atoms with van der Waals surface area (Å²) in [5, 5.41) is 7.82. The summed E-state index contributed by atoms with van der Waals surface area (Å²) in [4.78, 5) is 13.3. The summed E-state index contributed by atoms with van der Waals surface area (Å²) in [7, 11) is 1.68. The Balaban J connectivity index is 2.22. The van der Waals surface area contributed by atoms with Crippen LogP contribution in [0.25, 0.3) is 0 Å². The molecule has 0 saturated heterocycles. The number of nitrogens with zero attached hydrogens (tertiary/aromatic N) is 3. The van der Waals surface area contributed by atoms with Gasteiger partial charge in [-0.15, -0.1) is 0 Å². The maximum Gasteiger partial charge on any atom is 0.204 e. The van der Waals surface area contributed by atoms with E-state index < -0.39 is 5.54 Å². The van der Waals surface area contributed by atoms with Gasteiger partial charge in [0.1, 0.15) is 0 Å². The molecule has 0 bridgehead atoms. The van der Waals surface area contributed by atoms with E-state index in [0.717, 1.165) is 12.8 Å². The molecule has 1 aliphatic carbocycles. The lowest BCUT2D eigenvalue weighted by Gasteiger charge is -2.20. The third kappa shape index (κ3) is 1.43. The van der Waals surface area contributed by atoms with Crippen LogP contribution in [0.2, 0.25) is 0 Å². The minimum Gasteiger partial charge on any atom is -0.319 e. The molecule has 1 aromatic heterocycles. The molecular formula is C9H14N4O. The average molecular weight is 194 g/mol. The highest BCUT2D eigenvalue weighted by Gasteiger charge is 2.45. The predicted molar refractivity (Wildman–Crippen MR) is 50.6 cm³/mol. The first-order valence-electron chi connectivity index (χ1n) is 4.72. The van der Waals surface area contributed by atoms with E-state index in [4.69, 9.17) is 5.73 Å². The van der Waals surface area contributed by atoms with Gasteiger partial charge >= 0.3 is 0 Å². The van der Waals surface area contributed by atoms with Gasteiger partial charge < -0.3 is 5.73 Å². The van der Waals surface area contributed by atoms with Crippen LogP contribution in [0.1, 0.15) is 30.3 Å². The summed E-state index contributed by atoms with van der Waals surface area (Å²) in [6.45, 7) is 1.78.